The average Bonchev–Trinajstić information content (AvgIpc) is 2.09. The van der Waals surface area contributed by atoms with Gasteiger partial charge in [0.25, 0.3) is 0 Å². The Morgan fingerprint density at radius 3 is 2.54 bits per heavy atom. The number of unbranched alkanes of at least 4 members (excludes halogenated alkanes) is 4. The highest BCUT2D eigenvalue weighted by molar-refractivity contribution is 5.04. The summed E-state index contributed by atoms with van der Waals surface area (Å²) in [6.45, 7) is 4.22. The fourth-order valence-electron chi connectivity index (χ4n) is 1.10. The van der Waals surface area contributed by atoms with Crippen LogP contribution in [0.1, 0.15) is 46.0 Å². The first-order valence-corrected chi connectivity index (χ1v) is 5.36. The molecule has 0 radical (unpaired) electrons. The summed E-state index contributed by atoms with van der Waals surface area (Å²) in [5.41, 5.74) is 5.55. The summed E-state index contributed by atoms with van der Waals surface area (Å²) in [4.78, 5) is 0. The standard InChI is InChI=1S/C12H23N/c1-3-4-5-6-7-8-9-10-11-12(2)13/h8-12H,3-7,13H2,1-2H3/b9-8+,11-10+. The largest absolute Gasteiger partial charge is 0.325 e. The molecule has 2 N–H and O–H groups in total. The Bertz CT molecular complexity index is 145. The van der Waals surface area contributed by atoms with E-state index in [0.29, 0.717) is 0 Å². The fourth-order valence-corrected chi connectivity index (χ4v) is 1.10. The zero-order valence-electron chi connectivity index (χ0n) is 9.00. The molecule has 0 aliphatic rings. The van der Waals surface area contributed by atoms with Gasteiger partial charge in [0.05, 0.1) is 0 Å². The topological polar surface area (TPSA) is 26.0 Å². The molecule has 1 nitrogen and oxygen atoms in total. The maximum Gasteiger partial charge on any atom is 0.0197 e. The van der Waals surface area contributed by atoms with Crippen molar-refractivity contribution in [1.29, 1.82) is 0 Å². The molecule has 0 rings (SSSR count). The Balaban J connectivity index is 3.21. The predicted molar refractivity (Wildman–Crippen MR) is 60.7 cm³/mol. The van der Waals surface area contributed by atoms with Gasteiger partial charge in [-0.2, -0.15) is 0 Å². The highest BCUT2D eigenvalue weighted by atomic mass is 14.6. The van der Waals surface area contributed by atoms with Gasteiger partial charge < -0.3 is 5.73 Å². The van der Waals surface area contributed by atoms with Crippen LogP contribution in [-0.2, 0) is 0 Å². The van der Waals surface area contributed by atoms with Crippen molar-refractivity contribution in [3.8, 4) is 0 Å². The van der Waals surface area contributed by atoms with E-state index in [0.717, 1.165) is 0 Å². The highest BCUT2D eigenvalue weighted by Gasteiger charge is 1.83. The first-order valence-electron chi connectivity index (χ1n) is 5.36. The molecule has 0 fully saturated rings. The molecule has 0 heterocycles. The first kappa shape index (κ1) is 12.4. The molecular weight excluding hydrogens is 158 g/mol. The van der Waals surface area contributed by atoms with E-state index in [9.17, 15) is 0 Å². The molecule has 0 aromatic rings. The Morgan fingerprint density at radius 1 is 1.15 bits per heavy atom. The highest BCUT2D eigenvalue weighted by Crippen LogP contribution is 2.02. The molecule has 0 spiro atoms. The minimum Gasteiger partial charge on any atom is -0.325 e. The lowest BCUT2D eigenvalue weighted by atomic mass is 10.1. The Hall–Kier alpha value is -0.560. The lowest BCUT2D eigenvalue weighted by molar-refractivity contribution is 0.674. The molecule has 0 bridgehead atoms. The van der Waals surface area contributed by atoms with Gasteiger partial charge in [0.2, 0.25) is 0 Å². The van der Waals surface area contributed by atoms with Gasteiger partial charge >= 0.3 is 0 Å². The summed E-state index contributed by atoms with van der Waals surface area (Å²) in [5.74, 6) is 0. The van der Waals surface area contributed by atoms with Gasteiger partial charge in [0, 0.05) is 6.04 Å². The molecule has 0 saturated heterocycles. The number of allylic oxidation sites excluding steroid dienone is 3. The van der Waals surface area contributed by atoms with E-state index in [1.54, 1.807) is 0 Å². The van der Waals surface area contributed by atoms with Crippen LogP contribution in [0.25, 0.3) is 0 Å². The van der Waals surface area contributed by atoms with Crippen LogP contribution >= 0.6 is 0 Å². The number of rotatable bonds is 7. The van der Waals surface area contributed by atoms with Crippen molar-refractivity contribution in [2.75, 3.05) is 0 Å². The fraction of sp³-hybridized carbons (Fsp3) is 0.667. The van der Waals surface area contributed by atoms with Gasteiger partial charge in [-0.3, -0.25) is 0 Å². The first-order chi connectivity index (χ1) is 6.27. The monoisotopic (exact) mass is 181 g/mol. The second-order valence-electron chi connectivity index (χ2n) is 3.52. The molecule has 1 atom stereocenters. The predicted octanol–water partition coefficient (Wildman–Crippen LogP) is 3.42. The van der Waals surface area contributed by atoms with Crippen LogP contribution in [0.2, 0.25) is 0 Å². The molecule has 76 valence electrons. The zero-order valence-corrected chi connectivity index (χ0v) is 9.00. The normalized spacial score (nSPS) is 14.4. The van der Waals surface area contributed by atoms with Crippen molar-refractivity contribution in [3.63, 3.8) is 0 Å². The third kappa shape index (κ3) is 11.4. The van der Waals surface area contributed by atoms with Crippen LogP contribution in [0.5, 0.6) is 0 Å². The molecule has 1 heteroatoms. The molecule has 1 unspecified atom stereocenters. The molecule has 0 aliphatic heterocycles. The van der Waals surface area contributed by atoms with Gasteiger partial charge in [-0.1, -0.05) is 50.5 Å². The van der Waals surface area contributed by atoms with Crippen molar-refractivity contribution < 1.29 is 0 Å². The van der Waals surface area contributed by atoms with Crippen LogP contribution in [0.4, 0.5) is 0 Å². The van der Waals surface area contributed by atoms with Crippen molar-refractivity contribution in [2.45, 2.75) is 52.0 Å². The second kappa shape index (κ2) is 9.53. The van der Waals surface area contributed by atoms with E-state index in [1.807, 2.05) is 19.1 Å². The van der Waals surface area contributed by atoms with E-state index < -0.39 is 0 Å². The van der Waals surface area contributed by atoms with Crippen molar-refractivity contribution in [1.82, 2.24) is 0 Å². The second-order valence-corrected chi connectivity index (χ2v) is 3.52. The van der Waals surface area contributed by atoms with Crippen LogP contribution in [0, 0.1) is 0 Å². The third-order valence-electron chi connectivity index (χ3n) is 1.89. The lowest BCUT2D eigenvalue weighted by Crippen LogP contribution is -2.09. The van der Waals surface area contributed by atoms with E-state index in [-0.39, 0.29) is 6.04 Å². The molecule has 0 aromatic carbocycles. The molecule has 0 aromatic heterocycles. The number of hydrogen-bond acceptors (Lipinski definition) is 1. The summed E-state index contributed by atoms with van der Waals surface area (Å²) in [7, 11) is 0. The number of nitrogens with two attached hydrogens (primary N) is 1. The van der Waals surface area contributed by atoms with Crippen LogP contribution < -0.4 is 5.73 Å². The summed E-state index contributed by atoms with van der Waals surface area (Å²) in [6.07, 6.45) is 14.9. The smallest absolute Gasteiger partial charge is 0.0197 e. The van der Waals surface area contributed by atoms with Gasteiger partial charge in [0.15, 0.2) is 0 Å². The van der Waals surface area contributed by atoms with E-state index in [2.05, 4.69) is 19.1 Å². The minimum absolute atomic E-state index is 0.171. The van der Waals surface area contributed by atoms with Gasteiger partial charge in [0.1, 0.15) is 0 Å². The lowest BCUT2D eigenvalue weighted by Gasteiger charge is -1.93. The van der Waals surface area contributed by atoms with Gasteiger partial charge in [-0.05, 0) is 19.8 Å². The average molecular weight is 181 g/mol. The quantitative estimate of drug-likeness (QED) is 0.472. The van der Waals surface area contributed by atoms with Gasteiger partial charge in [-0.15, -0.1) is 0 Å². The van der Waals surface area contributed by atoms with Crippen LogP contribution in [0.15, 0.2) is 24.3 Å². The molecular formula is C12H23N. The van der Waals surface area contributed by atoms with Crippen LogP contribution in [-0.4, -0.2) is 6.04 Å². The van der Waals surface area contributed by atoms with Crippen molar-refractivity contribution >= 4 is 0 Å². The summed E-state index contributed by atoms with van der Waals surface area (Å²) < 4.78 is 0. The summed E-state index contributed by atoms with van der Waals surface area (Å²) in [5, 5.41) is 0. The minimum atomic E-state index is 0.171. The van der Waals surface area contributed by atoms with E-state index in [1.165, 1.54) is 32.1 Å². The number of hydrogen-bond donors (Lipinski definition) is 1. The van der Waals surface area contributed by atoms with Crippen LogP contribution in [0.3, 0.4) is 0 Å². The summed E-state index contributed by atoms with van der Waals surface area (Å²) in [6, 6.07) is 0.171. The molecule has 0 saturated carbocycles. The maximum atomic E-state index is 5.55. The molecule has 0 amide bonds. The molecule has 13 heavy (non-hydrogen) atoms. The van der Waals surface area contributed by atoms with Gasteiger partial charge in [-0.25, -0.2) is 0 Å². The summed E-state index contributed by atoms with van der Waals surface area (Å²) >= 11 is 0. The SMILES string of the molecule is CCCCCC/C=C/C=C/C(C)N. The Labute approximate surface area is 82.7 Å². The van der Waals surface area contributed by atoms with Crippen molar-refractivity contribution in [2.24, 2.45) is 5.73 Å². The third-order valence-corrected chi connectivity index (χ3v) is 1.89. The Morgan fingerprint density at radius 2 is 1.92 bits per heavy atom. The molecule has 0 aliphatic carbocycles. The van der Waals surface area contributed by atoms with E-state index in [4.69, 9.17) is 5.73 Å². The Kier molecular flexibility index (Phi) is 9.12. The van der Waals surface area contributed by atoms with Crippen molar-refractivity contribution in [3.05, 3.63) is 24.3 Å². The van der Waals surface area contributed by atoms with E-state index >= 15 is 0 Å². The zero-order chi connectivity index (χ0) is 9.94. The maximum absolute atomic E-state index is 5.55.